The predicted octanol–water partition coefficient (Wildman–Crippen LogP) is 4.81. The molecule has 0 aliphatic carbocycles. The summed E-state index contributed by atoms with van der Waals surface area (Å²) in [5.74, 6) is 3.05. The van der Waals surface area contributed by atoms with Crippen molar-refractivity contribution in [2.24, 2.45) is 17.8 Å². The Morgan fingerprint density at radius 3 is 2.86 bits per heavy atom. The van der Waals surface area contributed by atoms with Gasteiger partial charge in [0, 0.05) is 24.2 Å². The van der Waals surface area contributed by atoms with E-state index in [0.717, 1.165) is 66.6 Å². The van der Waals surface area contributed by atoms with Gasteiger partial charge in [0.2, 0.25) is 0 Å². The minimum Gasteiger partial charge on any atom is -0.494 e. The van der Waals surface area contributed by atoms with E-state index >= 15 is 0 Å². The fourth-order valence-corrected chi connectivity index (χ4v) is 5.08. The molecule has 1 N–H and O–H groups in total. The van der Waals surface area contributed by atoms with Crippen molar-refractivity contribution >= 4 is 10.9 Å². The van der Waals surface area contributed by atoms with Gasteiger partial charge in [0.05, 0.1) is 18.2 Å². The van der Waals surface area contributed by atoms with Crippen LogP contribution in [0.1, 0.15) is 58.1 Å². The highest BCUT2D eigenvalue weighted by Crippen LogP contribution is 2.42. The zero-order valence-corrected chi connectivity index (χ0v) is 17.5. The van der Waals surface area contributed by atoms with Gasteiger partial charge in [-0.05, 0) is 73.4 Å². The highest BCUT2D eigenvalue weighted by atomic mass is 16.5. The first-order chi connectivity index (χ1) is 13.6. The third kappa shape index (κ3) is 3.90. The third-order valence-electron chi connectivity index (χ3n) is 6.85. The van der Waals surface area contributed by atoms with Gasteiger partial charge in [0.15, 0.2) is 0 Å². The number of ether oxygens (including phenoxy) is 1. The summed E-state index contributed by atoms with van der Waals surface area (Å²) in [7, 11) is 0. The van der Waals surface area contributed by atoms with Crippen molar-refractivity contribution in [3.8, 4) is 5.75 Å². The van der Waals surface area contributed by atoms with Crippen molar-refractivity contribution in [3.63, 3.8) is 0 Å². The zero-order valence-electron chi connectivity index (χ0n) is 17.5. The van der Waals surface area contributed by atoms with Gasteiger partial charge >= 0.3 is 0 Å². The number of fused-ring (bicyclic) bond motifs is 4. The molecule has 152 valence electrons. The van der Waals surface area contributed by atoms with Crippen LogP contribution in [-0.2, 0) is 0 Å². The molecule has 4 heteroatoms. The number of piperidine rings is 3. The molecule has 1 aromatic carbocycles. The van der Waals surface area contributed by atoms with E-state index < -0.39 is 6.10 Å². The van der Waals surface area contributed by atoms with Crippen molar-refractivity contribution in [3.05, 3.63) is 36.0 Å². The number of aromatic nitrogens is 1. The molecule has 0 saturated carbocycles. The van der Waals surface area contributed by atoms with Crippen LogP contribution in [0.4, 0.5) is 0 Å². The molecule has 3 aliphatic heterocycles. The van der Waals surface area contributed by atoms with E-state index in [1.165, 1.54) is 12.8 Å². The van der Waals surface area contributed by atoms with Gasteiger partial charge in [-0.25, -0.2) is 0 Å². The average molecular weight is 383 g/mol. The molecule has 3 aliphatic rings. The Balaban J connectivity index is 1.57. The van der Waals surface area contributed by atoms with Gasteiger partial charge in [-0.1, -0.05) is 27.2 Å². The number of rotatable bonds is 7. The molecule has 4 heterocycles. The second-order valence-electron chi connectivity index (χ2n) is 9.07. The minimum atomic E-state index is -0.475. The number of hydrogen-bond acceptors (Lipinski definition) is 4. The smallest absolute Gasteiger partial charge is 0.120 e. The summed E-state index contributed by atoms with van der Waals surface area (Å²) < 4.78 is 5.96. The number of nitrogens with zero attached hydrogens (tertiary/aromatic N) is 2. The quantitative estimate of drug-likeness (QED) is 0.746. The molecule has 1 aromatic heterocycles. The maximum Gasteiger partial charge on any atom is 0.120 e. The van der Waals surface area contributed by atoms with E-state index in [0.29, 0.717) is 5.92 Å². The van der Waals surface area contributed by atoms with Gasteiger partial charge < -0.3 is 9.84 Å². The molecular weight excluding hydrogens is 348 g/mol. The van der Waals surface area contributed by atoms with Crippen molar-refractivity contribution < 1.29 is 9.84 Å². The van der Waals surface area contributed by atoms with Crippen molar-refractivity contribution in [1.82, 2.24) is 9.88 Å². The first-order valence-electron chi connectivity index (χ1n) is 11.0. The van der Waals surface area contributed by atoms with Gasteiger partial charge in [-0.3, -0.25) is 9.88 Å². The van der Waals surface area contributed by atoms with Crippen LogP contribution < -0.4 is 4.74 Å². The van der Waals surface area contributed by atoms with Crippen LogP contribution in [0.15, 0.2) is 30.5 Å². The van der Waals surface area contributed by atoms with Gasteiger partial charge in [0.25, 0.3) is 0 Å². The van der Waals surface area contributed by atoms with E-state index in [4.69, 9.17) is 4.74 Å². The summed E-state index contributed by atoms with van der Waals surface area (Å²) in [5.41, 5.74) is 1.92. The standard InChI is InChI=1S/C24H34N2O2/c1-4-17-15-26-11-8-18(17)13-23(26)24(27)20-7-10-25-22-6-5-19(14-21(20)22)28-12-9-16(2)3/h5-7,10,14,16-18,23-24,27H,4,8-9,11-13,15H2,1-3H3/t17-,18-,23+,24-/m1/s1. The maximum absolute atomic E-state index is 11.4. The molecular formula is C24H34N2O2. The van der Waals surface area contributed by atoms with Crippen LogP contribution in [0.2, 0.25) is 0 Å². The number of pyridine rings is 1. The lowest BCUT2D eigenvalue weighted by Gasteiger charge is -2.51. The summed E-state index contributed by atoms with van der Waals surface area (Å²) in [6.07, 6.45) is 6.03. The maximum atomic E-state index is 11.4. The number of benzene rings is 1. The van der Waals surface area contributed by atoms with Crippen LogP contribution >= 0.6 is 0 Å². The number of aliphatic hydroxyl groups is 1. The second-order valence-corrected chi connectivity index (χ2v) is 9.07. The molecule has 3 fully saturated rings. The molecule has 3 saturated heterocycles. The summed E-state index contributed by atoms with van der Waals surface area (Å²) in [6, 6.07) is 8.27. The van der Waals surface area contributed by atoms with Crippen LogP contribution in [0.5, 0.6) is 5.75 Å². The topological polar surface area (TPSA) is 45.6 Å². The molecule has 1 unspecified atom stereocenters. The van der Waals surface area contributed by atoms with Crippen molar-refractivity contribution in [1.29, 1.82) is 0 Å². The Kier molecular flexibility index (Phi) is 5.88. The summed E-state index contributed by atoms with van der Waals surface area (Å²) in [5, 5.41) is 12.4. The molecule has 2 bridgehead atoms. The fraction of sp³-hybridized carbons (Fsp3) is 0.625. The molecule has 0 amide bonds. The third-order valence-corrected chi connectivity index (χ3v) is 6.85. The highest BCUT2D eigenvalue weighted by Gasteiger charge is 2.42. The zero-order chi connectivity index (χ0) is 19.7. The van der Waals surface area contributed by atoms with Crippen LogP contribution in [-0.4, -0.2) is 40.7 Å². The SMILES string of the molecule is CC[C@@H]1CN2CC[C@@H]1C[C@H]2[C@H](O)c1ccnc2ccc(OCCC(C)C)cc12. The molecule has 0 spiro atoms. The summed E-state index contributed by atoms with van der Waals surface area (Å²) in [6.45, 7) is 9.69. The lowest BCUT2D eigenvalue weighted by molar-refractivity contribution is -0.0562. The number of aliphatic hydroxyl groups excluding tert-OH is 1. The number of hydrogen-bond donors (Lipinski definition) is 1. The lowest BCUT2D eigenvalue weighted by Crippen LogP contribution is -2.55. The normalized spacial score (nSPS) is 28.0. The minimum absolute atomic E-state index is 0.220. The first-order valence-corrected chi connectivity index (χ1v) is 11.0. The monoisotopic (exact) mass is 382 g/mol. The predicted molar refractivity (Wildman–Crippen MR) is 114 cm³/mol. The summed E-state index contributed by atoms with van der Waals surface area (Å²) in [4.78, 5) is 7.03. The second kappa shape index (κ2) is 8.38. The van der Waals surface area contributed by atoms with Gasteiger partial charge in [-0.15, -0.1) is 0 Å². The summed E-state index contributed by atoms with van der Waals surface area (Å²) >= 11 is 0. The molecule has 2 aromatic rings. The Morgan fingerprint density at radius 2 is 2.14 bits per heavy atom. The molecule has 5 rings (SSSR count). The Hall–Kier alpha value is -1.65. The first kappa shape index (κ1) is 19.7. The largest absolute Gasteiger partial charge is 0.494 e. The van der Waals surface area contributed by atoms with Gasteiger partial charge in [-0.2, -0.15) is 0 Å². The molecule has 5 atom stereocenters. The van der Waals surface area contributed by atoms with E-state index in [2.05, 4.69) is 36.7 Å². The van der Waals surface area contributed by atoms with Crippen LogP contribution in [0, 0.1) is 17.8 Å². The van der Waals surface area contributed by atoms with Crippen LogP contribution in [0.25, 0.3) is 10.9 Å². The van der Waals surface area contributed by atoms with E-state index in [1.54, 1.807) is 0 Å². The Bertz CT molecular complexity index is 806. The Labute approximate surface area is 168 Å². The fourth-order valence-electron chi connectivity index (χ4n) is 5.08. The van der Waals surface area contributed by atoms with Crippen LogP contribution in [0.3, 0.4) is 0 Å². The Morgan fingerprint density at radius 1 is 1.29 bits per heavy atom. The van der Waals surface area contributed by atoms with E-state index in [1.807, 2.05) is 24.4 Å². The molecule has 4 nitrogen and oxygen atoms in total. The molecule has 0 radical (unpaired) electrons. The van der Waals surface area contributed by atoms with Crippen molar-refractivity contribution in [2.75, 3.05) is 19.7 Å². The molecule has 28 heavy (non-hydrogen) atoms. The van der Waals surface area contributed by atoms with E-state index in [9.17, 15) is 5.11 Å². The van der Waals surface area contributed by atoms with E-state index in [-0.39, 0.29) is 6.04 Å². The van der Waals surface area contributed by atoms with Gasteiger partial charge in [0.1, 0.15) is 5.75 Å². The highest BCUT2D eigenvalue weighted by molar-refractivity contribution is 5.84. The van der Waals surface area contributed by atoms with Crippen molar-refractivity contribution in [2.45, 2.75) is 58.6 Å². The lowest BCUT2D eigenvalue weighted by atomic mass is 9.72. The average Bonchev–Trinajstić information content (AvgIpc) is 2.72.